The van der Waals surface area contributed by atoms with Crippen molar-refractivity contribution in [2.45, 2.75) is 51.2 Å². The third kappa shape index (κ3) is 4.55. The molecule has 2 N–H and O–H groups in total. The molecule has 0 radical (unpaired) electrons. The van der Waals surface area contributed by atoms with Crippen LogP contribution in [0.3, 0.4) is 0 Å². The number of aliphatic hydroxyl groups is 1. The maximum atomic E-state index is 12.5. The second kappa shape index (κ2) is 7.75. The van der Waals surface area contributed by atoms with Gasteiger partial charge in [0.05, 0.1) is 0 Å². The van der Waals surface area contributed by atoms with Gasteiger partial charge in [-0.05, 0) is 31.2 Å². The highest BCUT2D eigenvalue weighted by atomic mass is 16.3. The second-order valence-corrected chi connectivity index (χ2v) is 6.55. The fourth-order valence-corrected chi connectivity index (χ4v) is 2.93. The molecular weight excluding hydrogens is 276 g/mol. The van der Waals surface area contributed by atoms with E-state index in [9.17, 15) is 9.90 Å². The van der Waals surface area contributed by atoms with Crippen LogP contribution in [-0.2, 0) is 11.2 Å². The molecular formula is C18H28N2O2. The summed E-state index contributed by atoms with van der Waals surface area (Å²) in [5.41, 5.74) is 0.0682. The van der Waals surface area contributed by atoms with Crippen LogP contribution in [0.1, 0.15) is 38.7 Å². The third-order valence-corrected chi connectivity index (χ3v) is 4.24. The van der Waals surface area contributed by atoms with E-state index >= 15 is 0 Å². The predicted octanol–water partition coefficient (Wildman–Crippen LogP) is 1.97. The lowest BCUT2D eigenvalue weighted by Crippen LogP contribution is -2.58. The molecule has 1 aliphatic rings. The van der Waals surface area contributed by atoms with Gasteiger partial charge in [0.15, 0.2) is 5.60 Å². The molecule has 0 saturated carbocycles. The van der Waals surface area contributed by atoms with Gasteiger partial charge in [-0.2, -0.15) is 0 Å². The summed E-state index contributed by atoms with van der Waals surface area (Å²) in [5, 5.41) is 13.8. The first-order chi connectivity index (χ1) is 10.5. The Morgan fingerprint density at radius 1 is 1.32 bits per heavy atom. The Morgan fingerprint density at radius 2 is 2.05 bits per heavy atom. The Balaban J connectivity index is 1.84. The molecule has 2 rings (SSSR count). The molecule has 0 bridgehead atoms. The van der Waals surface area contributed by atoms with Crippen LogP contribution in [0, 0.1) is 0 Å². The quantitative estimate of drug-likeness (QED) is 0.810. The minimum atomic E-state index is -1.23. The van der Waals surface area contributed by atoms with E-state index in [-0.39, 0.29) is 11.9 Å². The lowest BCUT2D eigenvalue weighted by atomic mass is 9.91. The first-order valence-corrected chi connectivity index (χ1v) is 8.30. The molecule has 1 saturated heterocycles. The molecule has 1 atom stereocenters. The minimum absolute atomic E-state index is 0.111. The van der Waals surface area contributed by atoms with Crippen molar-refractivity contribution in [1.82, 2.24) is 10.2 Å². The maximum Gasteiger partial charge on any atom is 0.255 e. The van der Waals surface area contributed by atoms with Crippen LogP contribution in [0.5, 0.6) is 0 Å². The van der Waals surface area contributed by atoms with Crippen molar-refractivity contribution in [3.05, 3.63) is 35.9 Å². The molecule has 1 aliphatic heterocycles. The zero-order valence-electron chi connectivity index (χ0n) is 13.7. The average Bonchev–Trinajstić information content (AvgIpc) is 2.51. The molecule has 1 amide bonds. The zero-order valence-corrected chi connectivity index (χ0v) is 13.7. The number of benzene rings is 1. The van der Waals surface area contributed by atoms with Crippen LogP contribution >= 0.6 is 0 Å². The van der Waals surface area contributed by atoms with Gasteiger partial charge < -0.3 is 15.3 Å². The van der Waals surface area contributed by atoms with Gasteiger partial charge in [0.25, 0.3) is 5.91 Å². The van der Waals surface area contributed by atoms with Crippen molar-refractivity contribution in [3.63, 3.8) is 0 Å². The van der Waals surface area contributed by atoms with E-state index in [1.807, 2.05) is 36.9 Å². The summed E-state index contributed by atoms with van der Waals surface area (Å²) < 4.78 is 0. The van der Waals surface area contributed by atoms with Crippen molar-refractivity contribution >= 4 is 5.91 Å². The normalized spacial score (nSPS) is 22.4. The van der Waals surface area contributed by atoms with Gasteiger partial charge in [-0.1, -0.05) is 44.2 Å². The van der Waals surface area contributed by atoms with Crippen LogP contribution in [0.4, 0.5) is 0 Å². The van der Waals surface area contributed by atoms with Crippen molar-refractivity contribution < 1.29 is 9.90 Å². The minimum Gasteiger partial charge on any atom is -0.379 e. The van der Waals surface area contributed by atoms with Crippen molar-refractivity contribution in [1.29, 1.82) is 0 Å². The fraction of sp³-hybridized carbons (Fsp3) is 0.611. The van der Waals surface area contributed by atoms with E-state index in [0.717, 1.165) is 32.4 Å². The number of piperidine rings is 1. The Hall–Kier alpha value is -1.39. The number of hydrogen-bond donors (Lipinski definition) is 2. The number of hydrogen-bond acceptors (Lipinski definition) is 3. The Kier molecular flexibility index (Phi) is 5.98. The predicted molar refractivity (Wildman–Crippen MR) is 88.7 cm³/mol. The van der Waals surface area contributed by atoms with E-state index in [1.54, 1.807) is 0 Å². The van der Waals surface area contributed by atoms with E-state index < -0.39 is 5.60 Å². The van der Waals surface area contributed by atoms with Gasteiger partial charge in [-0.25, -0.2) is 0 Å². The zero-order chi connectivity index (χ0) is 16.0. The highest BCUT2D eigenvalue weighted by molar-refractivity contribution is 5.86. The van der Waals surface area contributed by atoms with Crippen molar-refractivity contribution in [2.75, 3.05) is 19.6 Å². The monoisotopic (exact) mass is 304 g/mol. The summed E-state index contributed by atoms with van der Waals surface area (Å²) >= 11 is 0. The molecule has 1 fully saturated rings. The van der Waals surface area contributed by atoms with Gasteiger partial charge in [-0.3, -0.25) is 4.79 Å². The molecule has 0 aromatic heterocycles. The van der Waals surface area contributed by atoms with Crippen LogP contribution in [0.2, 0.25) is 0 Å². The topological polar surface area (TPSA) is 52.6 Å². The van der Waals surface area contributed by atoms with Crippen molar-refractivity contribution in [3.8, 4) is 0 Å². The van der Waals surface area contributed by atoms with E-state index in [1.165, 1.54) is 5.56 Å². The lowest BCUT2D eigenvalue weighted by molar-refractivity contribution is -0.156. The molecule has 4 heteroatoms. The Bertz CT molecular complexity index is 475. The standard InChI is InChI=1S/C18H28N2O2/c1-15(2)19-14-18(22)11-7-13-20(17(18)21)12-6-10-16-8-4-3-5-9-16/h3-5,8-9,15,19,22H,6-7,10-14H2,1-2H3/t18-/m1/s1. The van der Waals surface area contributed by atoms with Crippen LogP contribution in [-0.4, -0.2) is 47.2 Å². The fourth-order valence-electron chi connectivity index (χ4n) is 2.93. The van der Waals surface area contributed by atoms with Gasteiger partial charge >= 0.3 is 0 Å². The summed E-state index contributed by atoms with van der Waals surface area (Å²) in [4.78, 5) is 14.4. The van der Waals surface area contributed by atoms with Crippen LogP contribution < -0.4 is 5.32 Å². The number of carbonyl (C=O) groups excluding carboxylic acids is 1. The second-order valence-electron chi connectivity index (χ2n) is 6.55. The third-order valence-electron chi connectivity index (χ3n) is 4.24. The summed E-state index contributed by atoms with van der Waals surface area (Å²) in [6.07, 6.45) is 3.32. The summed E-state index contributed by atoms with van der Waals surface area (Å²) in [6, 6.07) is 10.6. The highest BCUT2D eigenvalue weighted by Crippen LogP contribution is 2.22. The molecule has 1 heterocycles. The SMILES string of the molecule is CC(C)NC[C@]1(O)CCCN(CCCc2ccccc2)C1=O. The van der Waals surface area contributed by atoms with Gasteiger partial charge in [0.1, 0.15) is 0 Å². The van der Waals surface area contributed by atoms with E-state index in [4.69, 9.17) is 0 Å². The molecule has 1 aromatic carbocycles. The molecule has 1 aromatic rings. The van der Waals surface area contributed by atoms with E-state index in [2.05, 4.69) is 17.4 Å². The molecule has 0 spiro atoms. The van der Waals surface area contributed by atoms with Crippen molar-refractivity contribution in [2.24, 2.45) is 0 Å². The van der Waals surface area contributed by atoms with Crippen LogP contribution in [0.25, 0.3) is 0 Å². The van der Waals surface area contributed by atoms with Crippen LogP contribution in [0.15, 0.2) is 30.3 Å². The Morgan fingerprint density at radius 3 is 2.73 bits per heavy atom. The number of aryl methyl sites for hydroxylation is 1. The average molecular weight is 304 g/mol. The Labute approximate surface area is 133 Å². The smallest absolute Gasteiger partial charge is 0.255 e. The van der Waals surface area contributed by atoms with Gasteiger partial charge in [0, 0.05) is 25.7 Å². The number of likely N-dealkylation sites (tertiary alicyclic amines) is 1. The molecule has 0 unspecified atom stereocenters. The summed E-state index contributed by atoms with van der Waals surface area (Å²) in [6.45, 7) is 5.87. The lowest BCUT2D eigenvalue weighted by Gasteiger charge is -2.38. The van der Waals surface area contributed by atoms with E-state index in [0.29, 0.717) is 13.0 Å². The molecule has 22 heavy (non-hydrogen) atoms. The number of nitrogens with one attached hydrogen (secondary N) is 1. The van der Waals surface area contributed by atoms with Gasteiger partial charge in [0.2, 0.25) is 0 Å². The maximum absolute atomic E-state index is 12.5. The first-order valence-electron chi connectivity index (χ1n) is 8.30. The number of nitrogens with zero attached hydrogens (tertiary/aromatic N) is 1. The summed E-state index contributed by atoms with van der Waals surface area (Å²) in [7, 11) is 0. The molecule has 0 aliphatic carbocycles. The largest absolute Gasteiger partial charge is 0.379 e. The first kappa shape index (κ1) is 17.0. The highest BCUT2D eigenvalue weighted by Gasteiger charge is 2.41. The van der Waals surface area contributed by atoms with Gasteiger partial charge in [-0.15, -0.1) is 0 Å². The number of rotatable bonds is 7. The summed E-state index contributed by atoms with van der Waals surface area (Å²) in [5.74, 6) is -0.111. The molecule has 4 nitrogen and oxygen atoms in total. The molecule has 122 valence electrons. The number of carbonyl (C=O) groups is 1. The number of amides is 1.